The van der Waals surface area contributed by atoms with Gasteiger partial charge in [-0.3, -0.25) is 4.79 Å². The highest BCUT2D eigenvalue weighted by atomic mass is 35.5. The Morgan fingerprint density at radius 2 is 1.72 bits per heavy atom. The highest BCUT2D eigenvalue weighted by Gasteiger charge is 2.62. The molecule has 1 amide bonds. The fourth-order valence-electron chi connectivity index (χ4n) is 5.37. The van der Waals surface area contributed by atoms with E-state index in [0.29, 0.717) is 32.7 Å². The lowest BCUT2D eigenvalue weighted by atomic mass is 9.77. The van der Waals surface area contributed by atoms with Crippen molar-refractivity contribution in [3.05, 3.63) is 95.9 Å². The third-order valence-corrected chi connectivity index (χ3v) is 9.27. The van der Waals surface area contributed by atoms with E-state index in [1.165, 1.54) is 12.1 Å². The molecular weight excluding hydrogens is 650 g/mol. The summed E-state index contributed by atoms with van der Waals surface area (Å²) in [5, 5.41) is 17.0. The lowest BCUT2D eigenvalue weighted by molar-refractivity contribution is -0.275. The lowest BCUT2D eigenvalue weighted by Crippen LogP contribution is -2.42. The van der Waals surface area contributed by atoms with Crippen molar-refractivity contribution in [3.63, 3.8) is 0 Å². The molecule has 0 saturated carbocycles. The Kier molecular flexibility index (Phi) is 8.29. The van der Waals surface area contributed by atoms with E-state index in [1.54, 1.807) is 32.0 Å². The topological polar surface area (TPSA) is 80.2 Å². The molecule has 2 aliphatic heterocycles. The first-order valence-electron chi connectivity index (χ1n) is 13.0. The van der Waals surface area contributed by atoms with Crippen molar-refractivity contribution in [2.75, 3.05) is 0 Å². The van der Waals surface area contributed by atoms with Crippen LogP contribution < -0.4 is 10.8 Å². The van der Waals surface area contributed by atoms with Crippen LogP contribution in [0.3, 0.4) is 0 Å². The number of nitrogens with one attached hydrogen (secondary N) is 1. The minimum absolute atomic E-state index is 0.0246. The van der Waals surface area contributed by atoms with Crippen molar-refractivity contribution in [1.29, 1.82) is 0 Å². The van der Waals surface area contributed by atoms with Gasteiger partial charge in [-0.25, -0.2) is 0 Å². The molecule has 3 aromatic carbocycles. The Morgan fingerprint density at radius 1 is 1.07 bits per heavy atom. The van der Waals surface area contributed by atoms with Gasteiger partial charge in [0.1, 0.15) is 0 Å². The largest absolute Gasteiger partial charge is 0.492 e. The quantitative estimate of drug-likeness (QED) is 0.216. The second-order valence-corrected chi connectivity index (χ2v) is 12.7. The number of carbonyl (C=O) groups excluding carboxylic acids is 1. The minimum Gasteiger partial charge on any atom is -0.423 e. The first kappa shape index (κ1) is 31.9. The second kappa shape index (κ2) is 11.2. The zero-order valence-corrected chi connectivity index (χ0v) is 26.2. The number of hydrogen-bond donors (Lipinski definition) is 2. The standard InChI is InChI=1S/C29H24BCl4F3N2O4/c1-13-7-15(24-12-28(43-39-24,29(35,36)37)16-8-22(32)25(34)23(33)9-16)5-6-17(13)26(40)38-14(2)18-10-20-19(11-21(18)31)27(3,4)42-30(20)41/h5-11,14,41H,12H2,1-4H3,(H,38,40). The van der Waals surface area contributed by atoms with E-state index in [4.69, 9.17) is 55.9 Å². The Labute approximate surface area is 266 Å². The number of alkyl halides is 3. The molecule has 0 fully saturated rings. The lowest BCUT2D eigenvalue weighted by Gasteiger charge is -2.30. The number of benzene rings is 3. The number of halogens is 7. The predicted molar refractivity (Wildman–Crippen MR) is 162 cm³/mol. The van der Waals surface area contributed by atoms with E-state index in [2.05, 4.69) is 10.5 Å². The van der Waals surface area contributed by atoms with Crippen LogP contribution in [0.2, 0.25) is 20.1 Å². The molecular formula is C29H24BCl4F3N2O4. The van der Waals surface area contributed by atoms with Crippen LogP contribution in [-0.4, -0.2) is 29.9 Å². The van der Waals surface area contributed by atoms with Crippen LogP contribution in [0.1, 0.15) is 71.4 Å². The Morgan fingerprint density at radius 3 is 2.33 bits per heavy atom. The van der Waals surface area contributed by atoms with Crippen molar-refractivity contribution in [1.82, 2.24) is 5.32 Å². The summed E-state index contributed by atoms with van der Waals surface area (Å²) in [6.07, 6.45) is -5.53. The van der Waals surface area contributed by atoms with E-state index in [9.17, 15) is 23.0 Å². The molecule has 2 heterocycles. The van der Waals surface area contributed by atoms with Gasteiger partial charge in [0.2, 0.25) is 0 Å². The average molecular weight is 674 g/mol. The molecule has 2 unspecified atom stereocenters. The normalized spacial score (nSPS) is 20.0. The molecule has 3 aromatic rings. The number of fused-ring (bicyclic) bond motifs is 1. The molecule has 0 radical (unpaired) electrons. The maximum atomic E-state index is 14.4. The molecule has 0 saturated heterocycles. The number of aryl methyl sites for hydroxylation is 1. The van der Waals surface area contributed by atoms with Gasteiger partial charge in [-0.05, 0) is 85.7 Å². The average Bonchev–Trinajstić information content (AvgIpc) is 3.46. The summed E-state index contributed by atoms with van der Waals surface area (Å²) in [5.41, 5.74) is -0.798. The number of hydrogen-bond acceptors (Lipinski definition) is 5. The zero-order valence-electron chi connectivity index (χ0n) is 23.2. The molecule has 0 spiro atoms. The molecule has 0 bridgehead atoms. The van der Waals surface area contributed by atoms with E-state index in [0.717, 1.165) is 17.7 Å². The summed E-state index contributed by atoms with van der Waals surface area (Å²) >= 11 is 24.5. The van der Waals surface area contributed by atoms with E-state index >= 15 is 0 Å². The van der Waals surface area contributed by atoms with Crippen molar-refractivity contribution >= 4 is 70.6 Å². The fourth-order valence-corrected chi connectivity index (χ4v) is 6.29. The van der Waals surface area contributed by atoms with Crippen molar-refractivity contribution in [2.24, 2.45) is 5.16 Å². The Bertz CT molecular complexity index is 1660. The van der Waals surface area contributed by atoms with Crippen LogP contribution in [0.4, 0.5) is 13.2 Å². The summed E-state index contributed by atoms with van der Waals surface area (Å²) in [7, 11) is -1.12. The van der Waals surface area contributed by atoms with E-state index in [-0.39, 0.29) is 26.3 Å². The zero-order chi connectivity index (χ0) is 31.6. The molecule has 2 N–H and O–H groups in total. The SMILES string of the molecule is Cc1cc(C2=NOC(c3cc(Cl)c(Cl)c(Cl)c3)(C(F)(F)F)C2)ccc1C(=O)NC(C)c1cc2c(cc1Cl)C(C)(C)OB2O. The molecule has 14 heteroatoms. The first-order valence-corrected chi connectivity index (χ1v) is 14.5. The van der Waals surface area contributed by atoms with Crippen LogP contribution in [0.5, 0.6) is 0 Å². The predicted octanol–water partition coefficient (Wildman–Crippen LogP) is 7.63. The molecule has 226 valence electrons. The van der Waals surface area contributed by atoms with Gasteiger partial charge in [0.25, 0.3) is 11.5 Å². The molecule has 2 atom stereocenters. The molecule has 0 aliphatic carbocycles. The van der Waals surface area contributed by atoms with Crippen molar-refractivity contribution < 1.29 is 32.5 Å². The van der Waals surface area contributed by atoms with Crippen LogP contribution in [-0.2, 0) is 20.7 Å². The van der Waals surface area contributed by atoms with Gasteiger partial charge in [0.05, 0.1) is 32.4 Å². The maximum Gasteiger partial charge on any atom is 0.492 e. The Balaban J connectivity index is 1.37. The van der Waals surface area contributed by atoms with Gasteiger partial charge < -0.3 is 19.8 Å². The van der Waals surface area contributed by atoms with Crippen LogP contribution in [0.15, 0.2) is 47.6 Å². The minimum atomic E-state index is -4.87. The Hall–Kier alpha value is -2.47. The third-order valence-electron chi connectivity index (χ3n) is 7.74. The molecule has 43 heavy (non-hydrogen) atoms. The fraction of sp³-hybridized carbons (Fsp3) is 0.310. The molecule has 2 aliphatic rings. The van der Waals surface area contributed by atoms with Gasteiger partial charge in [0.15, 0.2) is 0 Å². The van der Waals surface area contributed by atoms with Gasteiger partial charge in [-0.2, -0.15) is 13.2 Å². The highest BCUT2D eigenvalue weighted by Crippen LogP contribution is 2.50. The first-order chi connectivity index (χ1) is 19.9. The maximum absolute atomic E-state index is 14.4. The summed E-state index contributed by atoms with van der Waals surface area (Å²) in [6.45, 7) is 7.06. The number of rotatable bonds is 5. The summed E-state index contributed by atoms with van der Waals surface area (Å²) in [4.78, 5) is 18.3. The van der Waals surface area contributed by atoms with Crippen LogP contribution in [0.25, 0.3) is 0 Å². The number of carbonyl (C=O) groups is 1. The summed E-state index contributed by atoms with van der Waals surface area (Å²) in [6, 6.07) is 9.58. The third kappa shape index (κ3) is 5.62. The van der Waals surface area contributed by atoms with Crippen LogP contribution >= 0.6 is 46.4 Å². The number of oxime groups is 1. The van der Waals surface area contributed by atoms with Gasteiger partial charge >= 0.3 is 13.3 Å². The smallest absolute Gasteiger partial charge is 0.423 e. The number of nitrogens with zero attached hydrogens (tertiary/aromatic N) is 1. The second-order valence-electron chi connectivity index (χ2n) is 11.1. The van der Waals surface area contributed by atoms with E-state index < -0.39 is 42.9 Å². The van der Waals surface area contributed by atoms with Crippen LogP contribution in [0, 0.1) is 6.92 Å². The van der Waals surface area contributed by atoms with Gasteiger partial charge in [0, 0.05) is 22.6 Å². The molecule has 0 aromatic heterocycles. The summed E-state index contributed by atoms with van der Waals surface area (Å²) in [5.74, 6) is -0.426. The summed E-state index contributed by atoms with van der Waals surface area (Å²) < 4.78 is 48.9. The van der Waals surface area contributed by atoms with E-state index in [1.807, 2.05) is 13.8 Å². The molecule has 6 nitrogen and oxygen atoms in total. The number of amides is 1. The van der Waals surface area contributed by atoms with Crippen molar-refractivity contribution in [2.45, 2.75) is 57.5 Å². The monoisotopic (exact) mass is 672 g/mol. The molecule has 5 rings (SSSR count). The van der Waals surface area contributed by atoms with Gasteiger partial charge in [-0.1, -0.05) is 63.7 Å². The highest BCUT2D eigenvalue weighted by molar-refractivity contribution is 6.62. The van der Waals surface area contributed by atoms with Gasteiger partial charge in [-0.15, -0.1) is 0 Å². The van der Waals surface area contributed by atoms with Crippen molar-refractivity contribution in [3.8, 4) is 0 Å².